The summed E-state index contributed by atoms with van der Waals surface area (Å²) in [6.07, 6.45) is 3.03. The van der Waals surface area contributed by atoms with Crippen LogP contribution in [0.4, 0.5) is 0 Å². The molecule has 6 nitrogen and oxygen atoms in total. The van der Waals surface area contributed by atoms with Crippen LogP contribution in [-0.4, -0.2) is 28.4 Å². The molecule has 1 aromatic heterocycles. The number of pyridine rings is 1. The Bertz CT molecular complexity index is 886. The number of aromatic nitrogens is 1. The molecule has 8 heteroatoms. The number of benzene rings is 1. The lowest BCUT2D eigenvalue weighted by Crippen LogP contribution is -2.29. The fourth-order valence-corrected chi connectivity index (χ4v) is 3.88. The van der Waals surface area contributed by atoms with E-state index in [1.807, 2.05) is 24.3 Å². The lowest BCUT2D eigenvalue weighted by atomic mass is 10.1. The van der Waals surface area contributed by atoms with Crippen molar-refractivity contribution in [1.29, 1.82) is 0 Å². The van der Waals surface area contributed by atoms with E-state index in [0.29, 0.717) is 24.5 Å². The number of halogens is 2. The number of hydrogen-bond acceptors (Lipinski definition) is 4. The van der Waals surface area contributed by atoms with E-state index in [0.717, 1.165) is 29.9 Å². The molecule has 1 aromatic carbocycles. The third-order valence-corrected chi connectivity index (χ3v) is 5.49. The zero-order valence-corrected chi connectivity index (χ0v) is 16.5. The minimum Gasteiger partial charge on any atom is -0.382 e. The Balaban J connectivity index is 1.81. The molecular formula is C19H23Cl2N5O. The quantitative estimate of drug-likeness (QED) is 0.333. The summed E-state index contributed by atoms with van der Waals surface area (Å²) < 4.78 is 1.70. The molecule has 1 fully saturated rings. The molecule has 4 N–H and O–H groups in total. The van der Waals surface area contributed by atoms with E-state index in [-0.39, 0.29) is 16.4 Å². The molecular weight excluding hydrogens is 385 g/mol. The van der Waals surface area contributed by atoms with Gasteiger partial charge in [-0.1, -0.05) is 47.5 Å². The maximum Gasteiger partial charge on any atom is 0.269 e. The van der Waals surface area contributed by atoms with Gasteiger partial charge in [-0.25, -0.2) is 0 Å². The Morgan fingerprint density at radius 3 is 2.41 bits per heavy atom. The summed E-state index contributed by atoms with van der Waals surface area (Å²) in [5.41, 5.74) is 8.16. The molecule has 0 bridgehead atoms. The van der Waals surface area contributed by atoms with E-state index in [1.165, 1.54) is 12.8 Å². The Kier molecular flexibility index (Phi) is 6.42. The van der Waals surface area contributed by atoms with Gasteiger partial charge in [0.1, 0.15) is 10.9 Å². The largest absolute Gasteiger partial charge is 0.382 e. The number of hydrogen-bond donors (Lipinski definition) is 2. The molecule has 0 spiro atoms. The predicted molar refractivity (Wildman–Crippen MR) is 110 cm³/mol. The number of hydrazone groups is 1. The number of aryl methyl sites for hydroxylation is 1. The first-order valence-corrected chi connectivity index (χ1v) is 9.68. The Labute approximate surface area is 168 Å². The van der Waals surface area contributed by atoms with Gasteiger partial charge in [0, 0.05) is 18.7 Å². The van der Waals surface area contributed by atoms with Crippen molar-refractivity contribution in [3.8, 4) is 0 Å². The van der Waals surface area contributed by atoms with Gasteiger partial charge < -0.3 is 16.1 Å². The van der Waals surface area contributed by atoms with Gasteiger partial charge >= 0.3 is 0 Å². The summed E-state index contributed by atoms with van der Waals surface area (Å²) in [6, 6.07) is 9.17. The Morgan fingerprint density at radius 2 is 1.78 bits per heavy atom. The molecule has 1 saturated heterocycles. The van der Waals surface area contributed by atoms with Crippen LogP contribution in [0, 0.1) is 0 Å². The van der Waals surface area contributed by atoms with Crippen molar-refractivity contribution in [3.63, 3.8) is 0 Å². The van der Waals surface area contributed by atoms with Crippen molar-refractivity contribution >= 4 is 29.0 Å². The van der Waals surface area contributed by atoms with Gasteiger partial charge in [0.05, 0.1) is 10.7 Å². The average molecular weight is 408 g/mol. The molecule has 2 heterocycles. The summed E-state index contributed by atoms with van der Waals surface area (Å²) >= 11 is 12.5. The van der Waals surface area contributed by atoms with Gasteiger partial charge in [0.15, 0.2) is 0 Å². The molecule has 2 aromatic rings. The highest BCUT2D eigenvalue weighted by molar-refractivity contribution is 6.34. The summed E-state index contributed by atoms with van der Waals surface area (Å²) in [5.74, 6) is 5.49. The third-order valence-electron chi connectivity index (χ3n) is 4.89. The van der Waals surface area contributed by atoms with E-state index in [1.54, 1.807) is 10.6 Å². The van der Waals surface area contributed by atoms with Crippen molar-refractivity contribution < 1.29 is 0 Å². The molecule has 0 aliphatic carbocycles. The first-order valence-electron chi connectivity index (χ1n) is 8.92. The average Bonchev–Trinajstić information content (AvgIpc) is 3.19. The van der Waals surface area contributed by atoms with Gasteiger partial charge in [-0.2, -0.15) is 5.10 Å². The number of nitrogens with zero attached hydrogens (tertiary/aromatic N) is 3. The number of amidine groups is 1. The first kappa shape index (κ1) is 19.7. The molecule has 1 aliphatic heterocycles. The SMILES string of the molecule is N/N=C(\N)c1ccc(CCn2c(CN3CCCC3)c(Cl)cc(Cl)c2=O)cc1. The minimum atomic E-state index is -0.202. The zero-order chi connectivity index (χ0) is 19.4. The number of rotatable bonds is 6. The second-order valence-electron chi connectivity index (χ2n) is 6.69. The molecule has 0 saturated carbocycles. The first-order chi connectivity index (χ1) is 13.0. The van der Waals surface area contributed by atoms with Crippen LogP contribution in [0.5, 0.6) is 0 Å². The standard InChI is InChI=1S/C19H23Cl2N5O/c20-15-11-16(21)19(27)26(17(15)12-25-8-1-2-9-25)10-7-13-3-5-14(6-4-13)18(22)24-23/h3-6,11H,1-2,7-10,12,23H2,(H2,22,24). The van der Waals surface area contributed by atoms with Crippen molar-refractivity contribution in [1.82, 2.24) is 9.47 Å². The van der Waals surface area contributed by atoms with E-state index in [2.05, 4.69) is 10.0 Å². The lowest BCUT2D eigenvalue weighted by Gasteiger charge is -2.20. The normalized spacial score (nSPS) is 15.4. The van der Waals surface area contributed by atoms with Gasteiger partial charge in [-0.15, -0.1) is 0 Å². The molecule has 27 heavy (non-hydrogen) atoms. The van der Waals surface area contributed by atoms with Crippen LogP contribution >= 0.6 is 23.2 Å². The van der Waals surface area contributed by atoms with E-state index < -0.39 is 0 Å². The summed E-state index contributed by atoms with van der Waals surface area (Å²) in [7, 11) is 0. The van der Waals surface area contributed by atoms with Gasteiger partial charge in [0.25, 0.3) is 5.56 Å². The fourth-order valence-electron chi connectivity index (χ4n) is 3.34. The molecule has 0 radical (unpaired) electrons. The highest BCUT2D eigenvalue weighted by Crippen LogP contribution is 2.22. The Morgan fingerprint density at radius 1 is 1.11 bits per heavy atom. The van der Waals surface area contributed by atoms with Crippen LogP contribution < -0.4 is 17.1 Å². The van der Waals surface area contributed by atoms with Crippen LogP contribution in [0.2, 0.25) is 10.0 Å². The topological polar surface area (TPSA) is 89.6 Å². The highest BCUT2D eigenvalue weighted by atomic mass is 35.5. The highest BCUT2D eigenvalue weighted by Gasteiger charge is 2.18. The zero-order valence-electron chi connectivity index (χ0n) is 15.0. The second-order valence-corrected chi connectivity index (χ2v) is 7.50. The van der Waals surface area contributed by atoms with E-state index in [9.17, 15) is 4.79 Å². The maximum atomic E-state index is 12.6. The fraction of sp³-hybridized carbons (Fsp3) is 0.368. The van der Waals surface area contributed by atoms with Crippen molar-refractivity contribution in [2.24, 2.45) is 16.7 Å². The van der Waals surface area contributed by atoms with Crippen LogP contribution in [0.15, 0.2) is 40.2 Å². The minimum absolute atomic E-state index is 0.146. The number of nitrogens with two attached hydrogens (primary N) is 2. The number of likely N-dealkylation sites (tertiary alicyclic amines) is 1. The lowest BCUT2D eigenvalue weighted by molar-refractivity contribution is 0.319. The van der Waals surface area contributed by atoms with Gasteiger partial charge in [0.2, 0.25) is 0 Å². The van der Waals surface area contributed by atoms with E-state index >= 15 is 0 Å². The molecule has 0 unspecified atom stereocenters. The summed E-state index contributed by atoms with van der Waals surface area (Å²) in [6.45, 7) is 3.22. The maximum absolute atomic E-state index is 12.6. The van der Waals surface area contributed by atoms with Crippen LogP contribution in [-0.2, 0) is 19.5 Å². The van der Waals surface area contributed by atoms with Crippen molar-refractivity contribution in [2.45, 2.75) is 32.4 Å². The summed E-state index contributed by atoms with van der Waals surface area (Å²) in [4.78, 5) is 14.9. The van der Waals surface area contributed by atoms with Crippen LogP contribution in [0.25, 0.3) is 0 Å². The van der Waals surface area contributed by atoms with Gasteiger partial charge in [-0.3, -0.25) is 9.69 Å². The van der Waals surface area contributed by atoms with Crippen molar-refractivity contribution in [3.05, 3.63) is 67.6 Å². The monoisotopic (exact) mass is 407 g/mol. The van der Waals surface area contributed by atoms with Crippen molar-refractivity contribution in [2.75, 3.05) is 13.1 Å². The molecule has 0 amide bonds. The third kappa shape index (κ3) is 4.64. The van der Waals surface area contributed by atoms with Crippen LogP contribution in [0.1, 0.15) is 29.7 Å². The Hall–Kier alpha value is -2.02. The van der Waals surface area contributed by atoms with E-state index in [4.69, 9.17) is 34.8 Å². The molecule has 0 atom stereocenters. The molecule has 144 valence electrons. The predicted octanol–water partition coefficient (Wildman–Crippen LogP) is 2.57. The smallest absolute Gasteiger partial charge is 0.269 e. The summed E-state index contributed by atoms with van der Waals surface area (Å²) in [5, 5.41) is 4.17. The van der Waals surface area contributed by atoms with Gasteiger partial charge in [-0.05, 0) is 44.0 Å². The molecule has 3 rings (SSSR count). The second kappa shape index (κ2) is 8.78. The van der Waals surface area contributed by atoms with Crippen LogP contribution in [0.3, 0.4) is 0 Å². The molecule has 1 aliphatic rings.